The Kier molecular flexibility index (Phi) is 6.16. The van der Waals surface area contributed by atoms with Crippen molar-refractivity contribution in [2.45, 2.75) is 6.67 Å². The SMILES string of the molecule is O=[N+]([O-])c1ccc2c(c1)c(N=NC(=S)Nc1ccccc1)c(O)n2CN1CCOCC1. The summed E-state index contributed by atoms with van der Waals surface area (Å²) in [6, 6.07) is 13.6. The number of benzene rings is 2. The first kappa shape index (κ1) is 20.8. The molecule has 1 aliphatic heterocycles. The van der Waals surface area contributed by atoms with Gasteiger partial charge in [0.15, 0.2) is 5.69 Å². The first-order valence-corrected chi connectivity index (χ1v) is 10.0. The van der Waals surface area contributed by atoms with Crippen LogP contribution in [0.3, 0.4) is 0 Å². The summed E-state index contributed by atoms with van der Waals surface area (Å²) in [4.78, 5) is 12.9. The first-order valence-electron chi connectivity index (χ1n) is 9.60. The summed E-state index contributed by atoms with van der Waals surface area (Å²) >= 11 is 5.22. The predicted molar refractivity (Wildman–Crippen MR) is 120 cm³/mol. The summed E-state index contributed by atoms with van der Waals surface area (Å²) in [5.74, 6) is -0.131. The molecule has 0 amide bonds. The first-order chi connectivity index (χ1) is 15.0. The molecule has 2 N–H and O–H groups in total. The zero-order chi connectivity index (χ0) is 21.8. The van der Waals surface area contributed by atoms with Gasteiger partial charge in [0.2, 0.25) is 11.0 Å². The zero-order valence-corrected chi connectivity index (χ0v) is 17.3. The van der Waals surface area contributed by atoms with Crippen LogP contribution in [0.25, 0.3) is 10.9 Å². The van der Waals surface area contributed by atoms with Crippen LogP contribution in [-0.4, -0.2) is 50.9 Å². The monoisotopic (exact) mass is 440 g/mol. The highest BCUT2D eigenvalue weighted by molar-refractivity contribution is 7.80. The molecular formula is C20H20N6O4S. The van der Waals surface area contributed by atoms with Gasteiger partial charge in [0.1, 0.15) is 0 Å². The van der Waals surface area contributed by atoms with E-state index in [2.05, 4.69) is 20.4 Å². The van der Waals surface area contributed by atoms with E-state index in [4.69, 9.17) is 17.0 Å². The second kappa shape index (κ2) is 9.16. The minimum atomic E-state index is -0.488. The Hall–Kier alpha value is -3.41. The molecule has 0 bridgehead atoms. The molecule has 10 nitrogen and oxygen atoms in total. The highest BCUT2D eigenvalue weighted by Gasteiger charge is 2.22. The number of nitro groups is 1. The van der Waals surface area contributed by atoms with Crippen LogP contribution in [-0.2, 0) is 11.4 Å². The third kappa shape index (κ3) is 4.68. The molecule has 0 atom stereocenters. The second-order valence-corrected chi connectivity index (χ2v) is 7.31. The van der Waals surface area contributed by atoms with Crippen molar-refractivity contribution in [3.63, 3.8) is 0 Å². The van der Waals surface area contributed by atoms with Crippen molar-refractivity contribution in [1.29, 1.82) is 0 Å². The van der Waals surface area contributed by atoms with Gasteiger partial charge in [-0.25, -0.2) is 0 Å². The van der Waals surface area contributed by atoms with E-state index in [1.165, 1.54) is 12.1 Å². The van der Waals surface area contributed by atoms with Gasteiger partial charge in [-0.05, 0) is 30.4 Å². The lowest BCUT2D eigenvalue weighted by Gasteiger charge is -2.27. The Morgan fingerprint density at radius 3 is 2.68 bits per heavy atom. The zero-order valence-electron chi connectivity index (χ0n) is 16.5. The number of thiocarbonyl (C=S) groups is 1. The molecule has 1 aliphatic rings. The highest BCUT2D eigenvalue weighted by atomic mass is 32.1. The van der Waals surface area contributed by atoms with Crippen LogP contribution in [0.5, 0.6) is 5.88 Å². The van der Waals surface area contributed by atoms with Crippen LogP contribution < -0.4 is 5.32 Å². The minimum Gasteiger partial charge on any atom is -0.493 e. The largest absolute Gasteiger partial charge is 0.493 e. The highest BCUT2D eigenvalue weighted by Crippen LogP contribution is 2.40. The normalized spacial score (nSPS) is 14.8. The molecule has 0 saturated carbocycles. The van der Waals surface area contributed by atoms with Crippen LogP contribution in [0.2, 0.25) is 0 Å². The van der Waals surface area contributed by atoms with Gasteiger partial charge in [-0.3, -0.25) is 19.6 Å². The van der Waals surface area contributed by atoms with E-state index in [0.29, 0.717) is 43.9 Å². The fraction of sp³-hybridized carbons (Fsp3) is 0.250. The van der Waals surface area contributed by atoms with E-state index in [0.717, 1.165) is 5.69 Å². The van der Waals surface area contributed by atoms with Gasteiger partial charge < -0.3 is 15.2 Å². The van der Waals surface area contributed by atoms with E-state index in [9.17, 15) is 15.2 Å². The Morgan fingerprint density at radius 1 is 1.23 bits per heavy atom. The smallest absolute Gasteiger partial charge is 0.270 e. The number of fused-ring (bicyclic) bond motifs is 1. The number of azo groups is 1. The maximum absolute atomic E-state index is 11.3. The maximum Gasteiger partial charge on any atom is 0.270 e. The number of nitro benzene ring substituents is 1. The number of nitrogens with one attached hydrogen (secondary N) is 1. The average Bonchev–Trinajstić information content (AvgIpc) is 3.04. The Morgan fingerprint density at radius 2 is 1.97 bits per heavy atom. The molecule has 0 unspecified atom stereocenters. The van der Waals surface area contributed by atoms with Crippen molar-refractivity contribution >= 4 is 45.3 Å². The van der Waals surface area contributed by atoms with Gasteiger partial charge in [0.25, 0.3) is 5.69 Å². The molecule has 0 radical (unpaired) electrons. The summed E-state index contributed by atoms with van der Waals surface area (Å²) in [6.45, 7) is 3.04. The summed E-state index contributed by atoms with van der Waals surface area (Å²) < 4.78 is 7.03. The lowest BCUT2D eigenvalue weighted by atomic mass is 10.2. The molecule has 4 rings (SSSR count). The minimum absolute atomic E-state index is 0.0996. The number of rotatable bonds is 5. The quantitative estimate of drug-likeness (QED) is 0.266. The molecule has 2 heterocycles. The number of ether oxygens (including phenoxy) is 1. The summed E-state index contributed by atoms with van der Waals surface area (Å²) in [6.07, 6.45) is 0. The predicted octanol–water partition coefficient (Wildman–Crippen LogP) is 4.03. The van der Waals surface area contributed by atoms with Gasteiger partial charge in [-0.2, -0.15) is 0 Å². The molecule has 0 spiro atoms. The Bertz CT molecular complexity index is 1140. The molecular weight excluding hydrogens is 420 g/mol. The Labute approximate surface area is 182 Å². The van der Waals surface area contributed by atoms with E-state index in [1.807, 2.05) is 30.3 Å². The summed E-state index contributed by atoms with van der Waals surface area (Å²) in [7, 11) is 0. The lowest BCUT2D eigenvalue weighted by molar-refractivity contribution is -0.384. The van der Waals surface area contributed by atoms with Crippen molar-refractivity contribution < 1.29 is 14.8 Å². The molecule has 31 heavy (non-hydrogen) atoms. The number of para-hydroxylation sites is 1. The van der Waals surface area contributed by atoms with Crippen LogP contribution in [0.4, 0.5) is 17.1 Å². The summed E-state index contributed by atoms with van der Waals surface area (Å²) in [5, 5.41) is 33.7. The number of morpholine rings is 1. The summed E-state index contributed by atoms with van der Waals surface area (Å²) in [5.41, 5.74) is 1.40. The van der Waals surface area contributed by atoms with Gasteiger partial charge in [-0.1, -0.05) is 18.2 Å². The Balaban J connectivity index is 1.68. The average molecular weight is 440 g/mol. The fourth-order valence-corrected chi connectivity index (χ4v) is 3.53. The molecule has 160 valence electrons. The third-order valence-electron chi connectivity index (χ3n) is 4.92. The van der Waals surface area contributed by atoms with Gasteiger partial charge in [0, 0.05) is 36.3 Å². The number of aromatic nitrogens is 1. The van der Waals surface area contributed by atoms with E-state index in [-0.39, 0.29) is 22.4 Å². The molecule has 1 fully saturated rings. The second-order valence-electron chi connectivity index (χ2n) is 6.93. The van der Waals surface area contributed by atoms with E-state index >= 15 is 0 Å². The van der Waals surface area contributed by atoms with Crippen LogP contribution in [0, 0.1) is 10.1 Å². The molecule has 1 saturated heterocycles. The van der Waals surface area contributed by atoms with Crippen molar-refractivity contribution in [2.75, 3.05) is 31.6 Å². The van der Waals surface area contributed by atoms with Crippen molar-refractivity contribution in [2.24, 2.45) is 10.2 Å². The van der Waals surface area contributed by atoms with Crippen LogP contribution >= 0.6 is 12.2 Å². The van der Waals surface area contributed by atoms with Crippen LogP contribution in [0.1, 0.15) is 0 Å². The van der Waals surface area contributed by atoms with E-state index < -0.39 is 4.92 Å². The lowest BCUT2D eigenvalue weighted by Crippen LogP contribution is -2.37. The molecule has 3 aromatic rings. The van der Waals surface area contributed by atoms with Crippen molar-refractivity contribution in [3.8, 4) is 5.88 Å². The number of hydrogen-bond donors (Lipinski definition) is 2. The molecule has 0 aliphatic carbocycles. The fourth-order valence-electron chi connectivity index (χ4n) is 3.37. The van der Waals surface area contributed by atoms with Crippen LogP contribution in [0.15, 0.2) is 58.8 Å². The molecule has 1 aromatic heterocycles. The van der Waals surface area contributed by atoms with Gasteiger partial charge in [-0.15, -0.1) is 10.2 Å². The number of anilines is 1. The van der Waals surface area contributed by atoms with Gasteiger partial charge >= 0.3 is 0 Å². The maximum atomic E-state index is 11.3. The third-order valence-corrected chi connectivity index (χ3v) is 5.10. The topological polar surface area (TPSA) is 118 Å². The number of hydrogen-bond acceptors (Lipinski definition) is 7. The molecule has 11 heteroatoms. The van der Waals surface area contributed by atoms with E-state index in [1.54, 1.807) is 10.6 Å². The molecule has 2 aromatic carbocycles. The van der Waals surface area contributed by atoms with Gasteiger partial charge in [0.05, 0.1) is 30.3 Å². The van der Waals surface area contributed by atoms with Crippen molar-refractivity contribution in [3.05, 3.63) is 58.6 Å². The number of non-ortho nitro benzene ring substituents is 1. The number of aromatic hydroxyl groups is 1. The van der Waals surface area contributed by atoms with Crippen molar-refractivity contribution in [1.82, 2.24) is 9.47 Å². The number of nitrogens with zero attached hydrogens (tertiary/aromatic N) is 5. The standard InChI is InChI=1S/C20H20N6O4S/c27-19-18(22-23-20(31)21-14-4-2-1-3-5-14)16-12-15(26(28)29)6-7-17(16)25(19)13-24-8-10-30-11-9-24/h1-7,12,27H,8-11,13H2,(H,21,31).